The highest BCUT2D eigenvalue weighted by atomic mass is 31.0. The molecule has 0 amide bonds. The minimum atomic E-state index is 0. The molecule has 0 saturated carbocycles. The maximum atomic E-state index is 8.18. The van der Waals surface area contributed by atoms with E-state index < -0.39 is 0 Å². The Bertz CT molecular complexity index is 109. The molecule has 0 saturated heterocycles. The van der Waals surface area contributed by atoms with Gasteiger partial charge in [-0.05, 0) is 0 Å². The molecule has 0 aliphatic heterocycles. The molecular formula is C7H17N2OP. The summed E-state index contributed by atoms with van der Waals surface area (Å²) < 4.78 is 0. The summed E-state index contributed by atoms with van der Waals surface area (Å²) in [7, 11) is 0. The van der Waals surface area contributed by atoms with E-state index in [-0.39, 0.29) is 9.90 Å². The summed E-state index contributed by atoms with van der Waals surface area (Å²) in [5.74, 6) is 0. The van der Waals surface area contributed by atoms with E-state index in [1.165, 1.54) is 0 Å². The van der Waals surface area contributed by atoms with Crippen LogP contribution in [-0.4, -0.2) is 24.8 Å². The summed E-state index contributed by atoms with van der Waals surface area (Å²) >= 11 is 0. The molecule has 3 nitrogen and oxygen atoms in total. The second-order valence-electron chi connectivity index (χ2n) is 1.86. The van der Waals surface area contributed by atoms with E-state index in [0.717, 1.165) is 13.1 Å². The minimum Gasteiger partial charge on any atom is -0.298 e. The van der Waals surface area contributed by atoms with Gasteiger partial charge in [0.15, 0.2) is 0 Å². The van der Waals surface area contributed by atoms with Gasteiger partial charge in [-0.3, -0.25) is 4.84 Å². The number of hydroxylamine groups is 2. The summed E-state index contributed by atoms with van der Waals surface area (Å²) in [6.07, 6.45) is 0.469. The Morgan fingerprint density at radius 3 is 2.27 bits per heavy atom. The van der Waals surface area contributed by atoms with Crippen molar-refractivity contribution in [1.29, 1.82) is 5.26 Å². The van der Waals surface area contributed by atoms with Crippen LogP contribution < -0.4 is 0 Å². The fraction of sp³-hybridized carbons (Fsp3) is 0.857. The zero-order chi connectivity index (χ0) is 7.82. The van der Waals surface area contributed by atoms with Crippen molar-refractivity contribution >= 4 is 9.90 Å². The van der Waals surface area contributed by atoms with E-state index in [9.17, 15) is 0 Å². The molecule has 0 N–H and O–H groups in total. The van der Waals surface area contributed by atoms with Gasteiger partial charge in [-0.2, -0.15) is 20.2 Å². The number of nitrogens with zero attached hydrogens (tertiary/aromatic N) is 2. The van der Waals surface area contributed by atoms with Crippen molar-refractivity contribution in [2.45, 2.75) is 20.3 Å². The van der Waals surface area contributed by atoms with E-state index in [2.05, 4.69) is 0 Å². The molecule has 0 fully saturated rings. The van der Waals surface area contributed by atoms with Crippen LogP contribution in [0.1, 0.15) is 20.3 Å². The standard InChI is InChI=1S/C7H14N2O.H3P/c1-3-9(4-2)10-7-5-6-8;/h3-5,7H2,1-2H3;1H3. The van der Waals surface area contributed by atoms with Gasteiger partial charge in [0.1, 0.15) is 0 Å². The fourth-order valence-electron chi connectivity index (χ4n) is 0.627. The topological polar surface area (TPSA) is 36.3 Å². The summed E-state index contributed by atoms with van der Waals surface area (Å²) in [6.45, 7) is 6.31. The summed E-state index contributed by atoms with van der Waals surface area (Å²) in [5.41, 5.74) is 0. The summed E-state index contributed by atoms with van der Waals surface area (Å²) in [4.78, 5) is 5.19. The molecule has 0 bridgehead atoms. The van der Waals surface area contributed by atoms with E-state index in [1.54, 1.807) is 0 Å². The number of hydrogen-bond donors (Lipinski definition) is 0. The number of hydrogen-bond acceptors (Lipinski definition) is 3. The zero-order valence-electron chi connectivity index (χ0n) is 7.34. The Hall–Kier alpha value is -0.160. The Kier molecular flexibility index (Phi) is 12.0. The Morgan fingerprint density at radius 1 is 1.36 bits per heavy atom. The molecule has 0 aromatic rings. The first-order chi connectivity index (χ1) is 4.85. The van der Waals surface area contributed by atoms with Crippen LogP contribution in [0.4, 0.5) is 0 Å². The molecule has 0 radical (unpaired) electrons. The lowest BCUT2D eigenvalue weighted by Crippen LogP contribution is -2.23. The smallest absolute Gasteiger partial charge is 0.0815 e. The molecule has 0 aromatic heterocycles. The predicted octanol–water partition coefficient (Wildman–Crippen LogP) is 1.23. The van der Waals surface area contributed by atoms with Crippen LogP contribution in [0.25, 0.3) is 0 Å². The van der Waals surface area contributed by atoms with Crippen LogP contribution in [-0.2, 0) is 4.84 Å². The first-order valence-corrected chi connectivity index (χ1v) is 3.60. The van der Waals surface area contributed by atoms with Crippen molar-refractivity contribution in [3.8, 4) is 6.07 Å². The molecule has 66 valence electrons. The van der Waals surface area contributed by atoms with Gasteiger partial charge in [-0.1, -0.05) is 13.8 Å². The quantitative estimate of drug-likeness (QED) is 0.359. The predicted molar refractivity (Wildman–Crippen MR) is 50.2 cm³/mol. The molecule has 0 aromatic carbocycles. The molecule has 1 unspecified atom stereocenters. The average molecular weight is 176 g/mol. The average Bonchev–Trinajstić information content (AvgIpc) is 1.99. The molecule has 1 atom stereocenters. The van der Waals surface area contributed by atoms with Crippen LogP contribution in [0.3, 0.4) is 0 Å². The Morgan fingerprint density at radius 2 is 1.91 bits per heavy atom. The number of nitriles is 1. The van der Waals surface area contributed by atoms with E-state index >= 15 is 0 Å². The van der Waals surface area contributed by atoms with E-state index in [0.29, 0.717) is 13.0 Å². The van der Waals surface area contributed by atoms with Gasteiger partial charge in [-0.25, -0.2) is 0 Å². The first-order valence-electron chi connectivity index (χ1n) is 3.60. The van der Waals surface area contributed by atoms with Crippen LogP contribution in [0.15, 0.2) is 0 Å². The second-order valence-corrected chi connectivity index (χ2v) is 1.86. The fourth-order valence-corrected chi connectivity index (χ4v) is 0.627. The maximum Gasteiger partial charge on any atom is 0.0815 e. The van der Waals surface area contributed by atoms with Crippen molar-refractivity contribution in [3.63, 3.8) is 0 Å². The van der Waals surface area contributed by atoms with Gasteiger partial charge in [-0.15, -0.1) is 0 Å². The lowest BCUT2D eigenvalue weighted by Gasteiger charge is -2.16. The SMILES string of the molecule is CCN(CC)OCCC#N.P. The van der Waals surface area contributed by atoms with E-state index in [1.807, 2.05) is 25.0 Å². The summed E-state index contributed by atoms with van der Waals surface area (Å²) in [5, 5.41) is 10.0. The third-order valence-electron chi connectivity index (χ3n) is 1.19. The van der Waals surface area contributed by atoms with Crippen LogP contribution in [0.5, 0.6) is 0 Å². The van der Waals surface area contributed by atoms with Gasteiger partial charge < -0.3 is 0 Å². The number of rotatable bonds is 5. The molecule has 0 rings (SSSR count). The minimum absolute atomic E-state index is 0. The molecular weight excluding hydrogens is 159 g/mol. The summed E-state index contributed by atoms with van der Waals surface area (Å²) in [6, 6.07) is 2.02. The van der Waals surface area contributed by atoms with Gasteiger partial charge >= 0.3 is 0 Å². The monoisotopic (exact) mass is 176 g/mol. The molecule has 11 heavy (non-hydrogen) atoms. The van der Waals surface area contributed by atoms with E-state index in [4.69, 9.17) is 10.1 Å². The highest BCUT2D eigenvalue weighted by Crippen LogP contribution is 1.89. The lowest BCUT2D eigenvalue weighted by atomic mass is 10.5. The van der Waals surface area contributed by atoms with Crippen molar-refractivity contribution in [1.82, 2.24) is 5.06 Å². The largest absolute Gasteiger partial charge is 0.298 e. The molecule has 0 heterocycles. The van der Waals surface area contributed by atoms with Crippen molar-refractivity contribution < 1.29 is 4.84 Å². The molecule has 0 aliphatic rings. The molecule has 0 aliphatic carbocycles. The van der Waals surface area contributed by atoms with Crippen molar-refractivity contribution in [3.05, 3.63) is 0 Å². The van der Waals surface area contributed by atoms with Gasteiger partial charge in [0.05, 0.1) is 19.1 Å². The van der Waals surface area contributed by atoms with Gasteiger partial charge in [0.2, 0.25) is 0 Å². The highest BCUT2D eigenvalue weighted by Gasteiger charge is 1.96. The van der Waals surface area contributed by atoms with Gasteiger partial charge in [0.25, 0.3) is 0 Å². The van der Waals surface area contributed by atoms with Gasteiger partial charge in [0, 0.05) is 13.1 Å². The Labute approximate surface area is 71.9 Å². The molecule has 0 spiro atoms. The van der Waals surface area contributed by atoms with Crippen LogP contribution >= 0.6 is 9.90 Å². The highest BCUT2D eigenvalue weighted by molar-refractivity contribution is 6.92. The third kappa shape index (κ3) is 7.74. The maximum absolute atomic E-state index is 8.18. The normalized spacial score (nSPS) is 8.91. The van der Waals surface area contributed by atoms with Crippen molar-refractivity contribution in [2.75, 3.05) is 19.7 Å². The third-order valence-corrected chi connectivity index (χ3v) is 1.19. The first kappa shape index (κ1) is 13.4. The molecule has 4 heteroatoms. The van der Waals surface area contributed by atoms with Crippen molar-refractivity contribution in [2.24, 2.45) is 0 Å². The zero-order valence-corrected chi connectivity index (χ0v) is 8.75. The van der Waals surface area contributed by atoms with Crippen LogP contribution in [0.2, 0.25) is 0 Å². The second kappa shape index (κ2) is 9.84. The Balaban J connectivity index is 0. The lowest BCUT2D eigenvalue weighted by molar-refractivity contribution is -0.150. The van der Waals surface area contributed by atoms with Crippen LogP contribution in [0, 0.1) is 11.3 Å².